The normalized spacial score (nSPS) is 11.3. The van der Waals surface area contributed by atoms with Gasteiger partial charge in [-0.2, -0.15) is 0 Å². The molecule has 146 valence electrons. The number of halogens is 2. The third-order valence-corrected chi connectivity index (χ3v) is 6.09. The zero-order valence-electron chi connectivity index (χ0n) is 15.4. The Morgan fingerprint density at radius 3 is 2.21 bits per heavy atom. The molecular formula is C21H19F2NO3S. The van der Waals surface area contributed by atoms with Crippen LogP contribution in [-0.2, 0) is 16.6 Å². The standard InChI is InChI=1S/C21H19F2NO3S/c1-15-7-12-18(13-20(15)23)28(25,26)24(21-6-4-3-5-19(21)22)14-16-8-10-17(27-2)11-9-16/h3-13H,14H2,1-2H3. The summed E-state index contributed by atoms with van der Waals surface area (Å²) in [6.07, 6.45) is 0. The first-order valence-electron chi connectivity index (χ1n) is 8.49. The number of aryl methyl sites for hydroxylation is 1. The van der Waals surface area contributed by atoms with Gasteiger partial charge in [0.15, 0.2) is 0 Å². The predicted octanol–water partition coefficient (Wildman–Crippen LogP) is 4.68. The minimum Gasteiger partial charge on any atom is -0.497 e. The zero-order chi connectivity index (χ0) is 20.3. The van der Waals surface area contributed by atoms with E-state index in [-0.39, 0.29) is 17.1 Å². The molecule has 0 unspecified atom stereocenters. The number of ether oxygens (including phenoxy) is 1. The molecule has 0 atom stereocenters. The quantitative estimate of drug-likeness (QED) is 0.601. The van der Waals surface area contributed by atoms with Gasteiger partial charge in [-0.3, -0.25) is 4.31 Å². The molecule has 4 nitrogen and oxygen atoms in total. The van der Waals surface area contributed by atoms with Crippen molar-refractivity contribution in [2.45, 2.75) is 18.4 Å². The molecule has 0 amide bonds. The lowest BCUT2D eigenvalue weighted by molar-refractivity contribution is 0.414. The van der Waals surface area contributed by atoms with Crippen LogP contribution in [0, 0.1) is 18.6 Å². The molecule has 0 bridgehead atoms. The molecule has 3 aromatic carbocycles. The highest BCUT2D eigenvalue weighted by Crippen LogP contribution is 2.29. The summed E-state index contributed by atoms with van der Waals surface area (Å²) in [6.45, 7) is 1.42. The molecule has 7 heteroatoms. The Kier molecular flexibility index (Phi) is 5.65. The number of sulfonamides is 1. The van der Waals surface area contributed by atoms with E-state index in [0.717, 1.165) is 10.4 Å². The number of para-hydroxylation sites is 1. The average Bonchev–Trinajstić information content (AvgIpc) is 2.69. The van der Waals surface area contributed by atoms with Gasteiger partial charge in [0, 0.05) is 0 Å². The molecule has 0 aliphatic carbocycles. The fourth-order valence-corrected chi connectivity index (χ4v) is 4.18. The fourth-order valence-electron chi connectivity index (χ4n) is 2.71. The summed E-state index contributed by atoms with van der Waals surface area (Å²) in [5, 5.41) is 0. The number of rotatable bonds is 6. The van der Waals surface area contributed by atoms with Gasteiger partial charge in [-0.1, -0.05) is 30.3 Å². The van der Waals surface area contributed by atoms with Crippen molar-refractivity contribution in [3.63, 3.8) is 0 Å². The SMILES string of the molecule is COc1ccc(CN(c2ccccc2F)S(=O)(=O)c2ccc(C)c(F)c2)cc1. The number of hydrogen-bond acceptors (Lipinski definition) is 3. The Hall–Kier alpha value is -2.93. The second-order valence-electron chi connectivity index (χ2n) is 6.22. The first-order chi connectivity index (χ1) is 13.3. The van der Waals surface area contributed by atoms with Gasteiger partial charge in [0.25, 0.3) is 10.0 Å². The van der Waals surface area contributed by atoms with E-state index in [1.54, 1.807) is 30.3 Å². The monoisotopic (exact) mass is 403 g/mol. The predicted molar refractivity (Wildman–Crippen MR) is 104 cm³/mol. The number of hydrogen-bond donors (Lipinski definition) is 0. The minimum atomic E-state index is -4.21. The van der Waals surface area contributed by atoms with Crippen LogP contribution in [0.2, 0.25) is 0 Å². The average molecular weight is 403 g/mol. The molecule has 0 fully saturated rings. The van der Waals surface area contributed by atoms with E-state index in [0.29, 0.717) is 16.9 Å². The van der Waals surface area contributed by atoms with E-state index in [4.69, 9.17) is 4.74 Å². The summed E-state index contributed by atoms with van der Waals surface area (Å²) in [4.78, 5) is -0.243. The second kappa shape index (κ2) is 7.98. The van der Waals surface area contributed by atoms with Gasteiger partial charge in [0.05, 0.1) is 24.2 Å². The van der Waals surface area contributed by atoms with E-state index >= 15 is 0 Å². The Bertz CT molecular complexity index is 1080. The molecule has 28 heavy (non-hydrogen) atoms. The van der Waals surface area contributed by atoms with E-state index in [1.807, 2.05) is 0 Å². The van der Waals surface area contributed by atoms with Crippen LogP contribution in [0.1, 0.15) is 11.1 Å². The molecule has 0 radical (unpaired) electrons. The van der Waals surface area contributed by atoms with E-state index in [1.165, 1.54) is 44.4 Å². The van der Waals surface area contributed by atoms with Gasteiger partial charge < -0.3 is 4.74 Å². The van der Waals surface area contributed by atoms with Crippen LogP contribution >= 0.6 is 0 Å². The Morgan fingerprint density at radius 1 is 0.929 bits per heavy atom. The molecule has 0 saturated heterocycles. The zero-order valence-corrected chi connectivity index (χ0v) is 16.2. The third kappa shape index (κ3) is 3.99. The molecule has 0 spiro atoms. The largest absolute Gasteiger partial charge is 0.497 e. The van der Waals surface area contributed by atoms with E-state index in [9.17, 15) is 17.2 Å². The molecule has 0 saturated carbocycles. The number of anilines is 1. The van der Waals surface area contributed by atoms with Crippen LogP contribution in [0.25, 0.3) is 0 Å². The Morgan fingerprint density at radius 2 is 1.61 bits per heavy atom. The van der Waals surface area contributed by atoms with Crippen molar-refractivity contribution in [1.82, 2.24) is 0 Å². The highest BCUT2D eigenvalue weighted by atomic mass is 32.2. The fraction of sp³-hybridized carbons (Fsp3) is 0.143. The molecule has 0 heterocycles. The summed E-state index contributed by atoms with van der Waals surface area (Å²) in [5.41, 5.74) is 0.839. The molecule has 3 rings (SSSR count). The Balaban J connectivity index is 2.09. The summed E-state index contributed by atoms with van der Waals surface area (Å²) in [5.74, 6) is -0.712. The minimum absolute atomic E-state index is 0.112. The van der Waals surface area contributed by atoms with Crippen LogP contribution in [-0.4, -0.2) is 15.5 Å². The number of benzene rings is 3. The van der Waals surface area contributed by atoms with Crippen LogP contribution in [0.3, 0.4) is 0 Å². The number of methoxy groups -OCH3 is 1. The van der Waals surface area contributed by atoms with Crippen molar-refractivity contribution in [3.8, 4) is 5.75 Å². The maximum atomic E-state index is 14.5. The third-order valence-electron chi connectivity index (χ3n) is 4.34. The van der Waals surface area contributed by atoms with Gasteiger partial charge in [-0.15, -0.1) is 0 Å². The van der Waals surface area contributed by atoms with Crippen LogP contribution in [0.5, 0.6) is 5.75 Å². The van der Waals surface area contributed by atoms with Crippen LogP contribution < -0.4 is 9.04 Å². The summed E-state index contributed by atoms with van der Waals surface area (Å²) < 4.78 is 61.0. The molecular weight excluding hydrogens is 384 g/mol. The first-order valence-corrected chi connectivity index (χ1v) is 9.93. The van der Waals surface area contributed by atoms with Gasteiger partial charge >= 0.3 is 0 Å². The van der Waals surface area contributed by atoms with Crippen LogP contribution in [0.4, 0.5) is 14.5 Å². The van der Waals surface area contributed by atoms with Crippen molar-refractivity contribution in [2.24, 2.45) is 0 Å². The van der Waals surface area contributed by atoms with Crippen molar-refractivity contribution in [3.05, 3.63) is 89.5 Å². The maximum Gasteiger partial charge on any atom is 0.264 e. The molecule has 0 aliphatic heterocycles. The van der Waals surface area contributed by atoms with E-state index in [2.05, 4.69) is 0 Å². The van der Waals surface area contributed by atoms with Crippen LogP contribution in [0.15, 0.2) is 71.6 Å². The molecule has 0 aromatic heterocycles. The van der Waals surface area contributed by atoms with Gasteiger partial charge in [-0.25, -0.2) is 17.2 Å². The lowest BCUT2D eigenvalue weighted by atomic mass is 10.2. The summed E-state index contributed by atoms with van der Waals surface area (Å²) >= 11 is 0. The van der Waals surface area contributed by atoms with Crippen molar-refractivity contribution < 1.29 is 21.9 Å². The van der Waals surface area contributed by atoms with Gasteiger partial charge in [-0.05, 0) is 54.4 Å². The topological polar surface area (TPSA) is 46.6 Å². The van der Waals surface area contributed by atoms with Crippen molar-refractivity contribution in [2.75, 3.05) is 11.4 Å². The Labute approximate surface area is 163 Å². The van der Waals surface area contributed by atoms with Gasteiger partial charge in [0.2, 0.25) is 0 Å². The smallest absolute Gasteiger partial charge is 0.264 e. The highest BCUT2D eigenvalue weighted by molar-refractivity contribution is 7.92. The lowest BCUT2D eigenvalue weighted by Crippen LogP contribution is -2.31. The highest BCUT2D eigenvalue weighted by Gasteiger charge is 2.28. The molecule has 0 N–H and O–H groups in total. The molecule has 0 aliphatic rings. The van der Waals surface area contributed by atoms with E-state index < -0.39 is 21.7 Å². The number of nitrogens with zero attached hydrogens (tertiary/aromatic N) is 1. The van der Waals surface area contributed by atoms with Gasteiger partial charge in [0.1, 0.15) is 17.4 Å². The molecule has 3 aromatic rings. The van der Waals surface area contributed by atoms with Crippen molar-refractivity contribution >= 4 is 15.7 Å². The summed E-state index contributed by atoms with van der Waals surface area (Å²) in [7, 11) is -2.68. The second-order valence-corrected chi connectivity index (χ2v) is 8.08. The first kappa shape index (κ1) is 19.8. The summed E-state index contributed by atoms with van der Waals surface area (Å²) in [6, 6.07) is 16.0. The maximum absolute atomic E-state index is 14.5. The van der Waals surface area contributed by atoms with Crippen molar-refractivity contribution in [1.29, 1.82) is 0 Å². The lowest BCUT2D eigenvalue weighted by Gasteiger charge is -2.25.